The Labute approximate surface area is 299 Å². The molecule has 0 unspecified atom stereocenters. The van der Waals surface area contributed by atoms with Gasteiger partial charge in [0.15, 0.2) is 6.29 Å². The summed E-state index contributed by atoms with van der Waals surface area (Å²) < 4.78 is 14.9. The number of hydrogen-bond donors (Lipinski definition) is 4. The lowest BCUT2D eigenvalue weighted by atomic mass is 9.91. The number of carbonyl (C=O) groups is 2. The highest BCUT2D eigenvalue weighted by atomic mass is 32.2. The third-order valence-electron chi connectivity index (χ3n) is 8.82. The number of aromatic nitrogens is 4. The molecule has 12 nitrogen and oxygen atoms in total. The molecule has 4 N–H and O–H groups in total. The number of amides is 1. The van der Waals surface area contributed by atoms with Gasteiger partial charge in [0.25, 0.3) is 0 Å². The van der Waals surface area contributed by atoms with Gasteiger partial charge in [-0.3, -0.25) is 9.59 Å². The lowest BCUT2D eigenvalue weighted by Crippen LogP contribution is -2.38. The number of rotatable bonds is 14. The van der Waals surface area contributed by atoms with E-state index in [1.807, 2.05) is 72.8 Å². The van der Waals surface area contributed by atoms with Crippen molar-refractivity contribution in [2.24, 2.45) is 5.92 Å². The van der Waals surface area contributed by atoms with Crippen molar-refractivity contribution in [3.05, 3.63) is 119 Å². The molecule has 1 aliphatic heterocycles. The second-order valence-electron chi connectivity index (χ2n) is 12.3. The topological polar surface area (TPSA) is 169 Å². The minimum Gasteiger partial charge on any atom is -0.508 e. The van der Waals surface area contributed by atoms with Gasteiger partial charge in [-0.25, -0.2) is 0 Å². The first kappa shape index (κ1) is 35.7. The van der Waals surface area contributed by atoms with E-state index in [9.17, 15) is 19.8 Å². The minimum atomic E-state index is -0.915. The summed E-state index contributed by atoms with van der Waals surface area (Å²) >= 11 is 1.47. The fourth-order valence-corrected chi connectivity index (χ4v) is 7.00. The molecule has 0 radical (unpaired) electrons. The maximum absolute atomic E-state index is 12.3. The van der Waals surface area contributed by atoms with Crippen LogP contribution in [0.25, 0.3) is 16.8 Å². The van der Waals surface area contributed by atoms with E-state index in [0.717, 1.165) is 39.1 Å². The molecule has 0 bridgehead atoms. The van der Waals surface area contributed by atoms with Crippen LogP contribution in [0.4, 0.5) is 0 Å². The standard InChI is InChI=1S/C38H39N5O7S/c1-24-33(23-51-38-40-41-42-43(38)30-17-19-31(45)20-18-30)49-37(50-36(24)27-11-9-25(22-44)10-12-27)28-15-13-26(14-16-28)32-6-3-2-5-29(32)21-39-34(46)7-4-8-35(47)48/h2-3,5-6,9-20,24,33,36-37,44-45H,4,7-8,21-23H2,1H3,(H,39,46)(H,47,48)/t24-,33+,36+,37+/m0/s1. The molecule has 1 fully saturated rings. The second kappa shape index (κ2) is 16.8. The number of carbonyl (C=O) groups excluding carboxylic acids is 1. The van der Waals surface area contributed by atoms with Crippen molar-refractivity contribution in [1.82, 2.24) is 25.5 Å². The van der Waals surface area contributed by atoms with Gasteiger partial charge in [0.2, 0.25) is 11.1 Å². The molecular formula is C38H39N5O7S. The number of carboxylic acids is 1. The normalized spacial score (nSPS) is 18.7. The zero-order chi connectivity index (χ0) is 35.7. The zero-order valence-corrected chi connectivity index (χ0v) is 28.8. The third kappa shape index (κ3) is 8.99. The van der Waals surface area contributed by atoms with Crippen LogP contribution in [0.3, 0.4) is 0 Å². The molecule has 1 amide bonds. The van der Waals surface area contributed by atoms with E-state index in [1.165, 1.54) is 11.8 Å². The molecule has 1 saturated heterocycles. The zero-order valence-electron chi connectivity index (χ0n) is 28.0. The lowest BCUT2D eigenvalue weighted by Gasteiger charge is -2.41. The Morgan fingerprint density at radius 2 is 1.63 bits per heavy atom. The number of aliphatic hydroxyl groups is 1. The van der Waals surface area contributed by atoms with Gasteiger partial charge in [0, 0.05) is 36.6 Å². The summed E-state index contributed by atoms with van der Waals surface area (Å²) in [5.74, 6) is -0.452. The number of aromatic hydroxyl groups is 1. The summed E-state index contributed by atoms with van der Waals surface area (Å²) in [6, 6.07) is 30.2. The molecule has 0 saturated carbocycles. The average molecular weight is 710 g/mol. The Morgan fingerprint density at radius 1 is 0.902 bits per heavy atom. The summed E-state index contributed by atoms with van der Waals surface area (Å²) in [6.07, 6.45) is -0.805. The quantitative estimate of drug-likeness (QED) is 0.100. The van der Waals surface area contributed by atoms with E-state index in [1.54, 1.807) is 28.9 Å². The van der Waals surface area contributed by atoms with Gasteiger partial charge in [-0.2, -0.15) is 4.68 Å². The number of phenols is 1. The number of nitrogens with one attached hydrogen (secondary N) is 1. The van der Waals surface area contributed by atoms with Gasteiger partial charge in [0.05, 0.1) is 24.5 Å². The third-order valence-corrected chi connectivity index (χ3v) is 9.82. The van der Waals surface area contributed by atoms with E-state index in [0.29, 0.717) is 23.9 Å². The number of phenolic OH excluding ortho intramolecular Hbond substituents is 1. The molecule has 0 aliphatic carbocycles. The largest absolute Gasteiger partial charge is 0.508 e. The van der Waals surface area contributed by atoms with Gasteiger partial charge in [-0.05, 0) is 68.9 Å². The Morgan fingerprint density at radius 3 is 2.35 bits per heavy atom. The van der Waals surface area contributed by atoms with E-state index in [-0.39, 0.29) is 49.2 Å². The van der Waals surface area contributed by atoms with Crippen LogP contribution in [-0.4, -0.2) is 59.3 Å². The molecule has 13 heteroatoms. The Balaban J connectivity index is 1.19. The highest BCUT2D eigenvalue weighted by molar-refractivity contribution is 7.99. The van der Waals surface area contributed by atoms with E-state index < -0.39 is 12.3 Å². The van der Waals surface area contributed by atoms with Crippen molar-refractivity contribution >= 4 is 23.6 Å². The SMILES string of the molecule is C[C@H]1[C@@H](CSc2nnnn2-c2ccc(O)cc2)O[C@@H](c2ccc(-c3ccccc3CNC(=O)CCCC(=O)O)cc2)O[C@H]1c1ccc(CO)cc1. The lowest BCUT2D eigenvalue weighted by molar-refractivity contribution is -0.268. The Hall–Kier alpha value is -5.08. The summed E-state index contributed by atoms with van der Waals surface area (Å²) in [6.45, 7) is 2.37. The highest BCUT2D eigenvalue weighted by Gasteiger charge is 2.38. The van der Waals surface area contributed by atoms with Crippen LogP contribution in [0.5, 0.6) is 5.75 Å². The number of benzene rings is 4. The van der Waals surface area contributed by atoms with E-state index in [4.69, 9.17) is 14.6 Å². The van der Waals surface area contributed by atoms with Crippen molar-refractivity contribution < 1.29 is 34.4 Å². The van der Waals surface area contributed by atoms with Gasteiger partial charge in [-0.15, -0.1) is 5.10 Å². The van der Waals surface area contributed by atoms with Crippen LogP contribution in [0.2, 0.25) is 0 Å². The fourth-order valence-electron chi connectivity index (χ4n) is 5.95. The monoisotopic (exact) mass is 709 g/mol. The predicted octanol–water partition coefficient (Wildman–Crippen LogP) is 5.98. The number of hydrogen-bond acceptors (Lipinski definition) is 10. The number of tetrazole rings is 1. The van der Waals surface area contributed by atoms with Crippen molar-refractivity contribution in [2.75, 3.05) is 5.75 Å². The van der Waals surface area contributed by atoms with E-state index >= 15 is 0 Å². The average Bonchev–Trinajstić information content (AvgIpc) is 3.63. The van der Waals surface area contributed by atoms with Crippen LogP contribution < -0.4 is 5.32 Å². The number of nitrogens with zero attached hydrogens (tertiary/aromatic N) is 4. The maximum Gasteiger partial charge on any atom is 0.303 e. The van der Waals surface area contributed by atoms with Crippen molar-refractivity contribution in [3.8, 4) is 22.6 Å². The number of aliphatic carboxylic acids is 1. The van der Waals surface area contributed by atoms with E-state index in [2.05, 4.69) is 27.8 Å². The minimum absolute atomic E-state index is 0.0403. The molecule has 6 rings (SSSR count). The smallest absolute Gasteiger partial charge is 0.303 e. The number of aliphatic hydroxyl groups excluding tert-OH is 1. The molecule has 264 valence electrons. The molecule has 51 heavy (non-hydrogen) atoms. The molecule has 4 aromatic carbocycles. The van der Waals surface area contributed by atoms with Crippen molar-refractivity contribution in [2.45, 2.75) is 63.0 Å². The second-order valence-corrected chi connectivity index (χ2v) is 13.3. The summed E-state index contributed by atoms with van der Waals surface area (Å²) in [5, 5.41) is 43.9. The van der Waals surface area contributed by atoms with Crippen LogP contribution in [0, 0.1) is 5.92 Å². The Kier molecular flexibility index (Phi) is 11.7. The number of carboxylic acid groups (broad SMARTS) is 1. The van der Waals surface area contributed by atoms with Crippen molar-refractivity contribution in [3.63, 3.8) is 0 Å². The van der Waals surface area contributed by atoms with Gasteiger partial charge in [0.1, 0.15) is 5.75 Å². The number of ether oxygens (including phenoxy) is 2. The maximum atomic E-state index is 12.3. The van der Waals surface area contributed by atoms with Gasteiger partial charge in [-0.1, -0.05) is 91.5 Å². The number of thioether (sulfide) groups is 1. The van der Waals surface area contributed by atoms with Crippen LogP contribution in [0.15, 0.2) is 102 Å². The fraction of sp³-hybridized carbons (Fsp3) is 0.289. The summed E-state index contributed by atoms with van der Waals surface area (Å²) in [5.41, 5.74) is 6.23. The molecule has 1 aromatic heterocycles. The van der Waals surface area contributed by atoms with Crippen LogP contribution in [0.1, 0.15) is 60.8 Å². The first-order valence-electron chi connectivity index (χ1n) is 16.7. The Bertz CT molecular complexity index is 1920. The molecular weight excluding hydrogens is 671 g/mol. The molecule has 2 heterocycles. The van der Waals surface area contributed by atoms with Crippen molar-refractivity contribution in [1.29, 1.82) is 0 Å². The molecule has 5 aromatic rings. The predicted molar refractivity (Wildman–Crippen MR) is 190 cm³/mol. The summed E-state index contributed by atoms with van der Waals surface area (Å²) in [4.78, 5) is 23.1. The van der Waals surface area contributed by atoms with Crippen LogP contribution in [-0.2, 0) is 32.2 Å². The summed E-state index contributed by atoms with van der Waals surface area (Å²) in [7, 11) is 0. The molecule has 0 spiro atoms. The van der Waals surface area contributed by atoms with Gasteiger partial charge >= 0.3 is 5.97 Å². The van der Waals surface area contributed by atoms with Gasteiger partial charge < -0.3 is 30.1 Å². The van der Waals surface area contributed by atoms with Crippen LogP contribution >= 0.6 is 11.8 Å². The molecule has 1 aliphatic rings. The molecule has 4 atom stereocenters. The highest BCUT2D eigenvalue weighted by Crippen LogP contribution is 2.43. The first-order valence-corrected chi connectivity index (χ1v) is 17.7. The first-order chi connectivity index (χ1) is 24.8.